The molecule has 0 saturated heterocycles. The minimum absolute atomic E-state index is 0.178. The zero-order valence-electron chi connectivity index (χ0n) is 12.4. The molecule has 0 bridgehead atoms. The van der Waals surface area contributed by atoms with E-state index in [9.17, 15) is 8.78 Å². The van der Waals surface area contributed by atoms with E-state index in [2.05, 4.69) is 10.3 Å². The maximum Gasteiger partial charge on any atom is 0.147 e. The molecule has 2 aromatic carbocycles. The van der Waals surface area contributed by atoms with Crippen molar-refractivity contribution in [2.24, 2.45) is 0 Å². The first kappa shape index (κ1) is 14.7. The quantitative estimate of drug-likeness (QED) is 0.726. The summed E-state index contributed by atoms with van der Waals surface area (Å²) in [6.07, 6.45) is 2.41. The number of fused-ring (bicyclic) bond motifs is 1. The van der Waals surface area contributed by atoms with Gasteiger partial charge in [0.05, 0.1) is 5.52 Å². The van der Waals surface area contributed by atoms with Gasteiger partial charge >= 0.3 is 0 Å². The van der Waals surface area contributed by atoms with Crippen LogP contribution >= 0.6 is 0 Å². The lowest BCUT2D eigenvalue weighted by Crippen LogP contribution is -2.14. The van der Waals surface area contributed by atoms with Crippen LogP contribution in [0.2, 0.25) is 0 Å². The molecule has 0 amide bonds. The van der Waals surface area contributed by atoms with Gasteiger partial charge in [-0.25, -0.2) is 8.78 Å². The van der Waals surface area contributed by atoms with E-state index in [4.69, 9.17) is 0 Å². The second-order valence-corrected chi connectivity index (χ2v) is 5.41. The molecule has 0 aliphatic rings. The van der Waals surface area contributed by atoms with Gasteiger partial charge in [0.1, 0.15) is 11.6 Å². The van der Waals surface area contributed by atoms with Gasteiger partial charge in [0.2, 0.25) is 0 Å². The van der Waals surface area contributed by atoms with Gasteiger partial charge < -0.3 is 10.3 Å². The van der Waals surface area contributed by atoms with Gasteiger partial charge in [-0.05, 0) is 55.4 Å². The van der Waals surface area contributed by atoms with Gasteiger partial charge in [-0.2, -0.15) is 0 Å². The molecule has 1 aromatic heterocycles. The lowest BCUT2D eigenvalue weighted by molar-refractivity contribution is 0.575. The maximum atomic E-state index is 14.2. The summed E-state index contributed by atoms with van der Waals surface area (Å²) >= 11 is 0. The first-order valence-corrected chi connectivity index (χ1v) is 7.36. The Balaban J connectivity index is 2.09. The monoisotopic (exact) mass is 300 g/mol. The first-order valence-electron chi connectivity index (χ1n) is 7.36. The molecule has 0 fully saturated rings. The van der Waals surface area contributed by atoms with E-state index >= 15 is 0 Å². The number of nitrogens with one attached hydrogen (secondary N) is 2. The van der Waals surface area contributed by atoms with Crippen molar-refractivity contribution in [1.29, 1.82) is 0 Å². The van der Waals surface area contributed by atoms with Crippen LogP contribution in [0.5, 0.6) is 0 Å². The van der Waals surface area contributed by atoms with Crippen LogP contribution in [0.4, 0.5) is 8.78 Å². The van der Waals surface area contributed by atoms with E-state index in [0.29, 0.717) is 17.5 Å². The minimum Gasteiger partial charge on any atom is -0.359 e. The highest BCUT2D eigenvalue weighted by molar-refractivity contribution is 5.81. The summed E-state index contributed by atoms with van der Waals surface area (Å²) in [6, 6.07) is 12.0. The number of aromatic nitrogens is 1. The van der Waals surface area contributed by atoms with Gasteiger partial charge in [-0.15, -0.1) is 0 Å². The Morgan fingerprint density at radius 1 is 1.09 bits per heavy atom. The summed E-state index contributed by atoms with van der Waals surface area (Å²) in [4.78, 5) is 2.89. The highest BCUT2D eigenvalue weighted by Gasteiger charge is 2.19. The van der Waals surface area contributed by atoms with E-state index < -0.39 is 0 Å². The Hall–Kier alpha value is -2.20. The van der Waals surface area contributed by atoms with Crippen LogP contribution in [0.15, 0.2) is 48.7 Å². The molecule has 2 N–H and O–H groups in total. The van der Waals surface area contributed by atoms with E-state index in [1.54, 1.807) is 18.3 Å². The third-order valence-corrected chi connectivity index (χ3v) is 4.00. The Morgan fingerprint density at radius 2 is 1.91 bits per heavy atom. The average Bonchev–Trinajstić information content (AvgIpc) is 2.98. The number of hydrogen-bond donors (Lipinski definition) is 2. The predicted octanol–water partition coefficient (Wildman–Crippen LogP) is 4.19. The van der Waals surface area contributed by atoms with Gasteiger partial charge in [0.25, 0.3) is 0 Å². The van der Waals surface area contributed by atoms with Crippen LogP contribution in [0.25, 0.3) is 10.9 Å². The summed E-state index contributed by atoms with van der Waals surface area (Å²) in [5, 5.41) is 3.89. The van der Waals surface area contributed by atoms with Crippen molar-refractivity contribution in [3.05, 3.63) is 71.4 Å². The maximum absolute atomic E-state index is 14.2. The molecule has 0 spiro atoms. The van der Waals surface area contributed by atoms with Crippen LogP contribution in [0, 0.1) is 11.6 Å². The predicted molar refractivity (Wildman–Crippen MR) is 85.0 cm³/mol. The zero-order valence-corrected chi connectivity index (χ0v) is 12.4. The smallest absolute Gasteiger partial charge is 0.147 e. The Bertz CT molecular complexity index is 780. The SMILES string of the molecule is CNCCC(c1cc(F)c2[nH]ccc2c1)c1ccccc1F. The Morgan fingerprint density at radius 3 is 2.68 bits per heavy atom. The van der Waals surface area contributed by atoms with Gasteiger partial charge in [0, 0.05) is 17.5 Å². The molecule has 114 valence electrons. The molecule has 2 nitrogen and oxygen atoms in total. The molecular weight excluding hydrogens is 282 g/mol. The van der Waals surface area contributed by atoms with Crippen LogP contribution < -0.4 is 5.32 Å². The lowest BCUT2D eigenvalue weighted by Gasteiger charge is -2.19. The highest BCUT2D eigenvalue weighted by atomic mass is 19.1. The number of halogens is 2. The number of aromatic amines is 1. The minimum atomic E-state index is -0.303. The Labute approximate surface area is 128 Å². The van der Waals surface area contributed by atoms with E-state index in [1.807, 2.05) is 25.2 Å². The lowest BCUT2D eigenvalue weighted by atomic mass is 9.87. The van der Waals surface area contributed by atoms with Gasteiger partial charge in [-0.3, -0.25) is 0 Å². The van der Waals surface area contributed by atoms with Crippen molar-refractivity contribution in [2.75, 3.05) is 13.6 Å². The molecule has 0 aliphatic carbocycles. The summed E-state index contributed by atoms with van der Waals surface area (Å²) in [5.74, 6) is -0.732. The summed E-state index contributed by atoms with van der Waals surface area (Å²) < 4.78 is 28.4. The van der Waals surface area contributed by atoms with Crippen molar-refractivity contribution in [1.82, 2.24) is 10.3 Å². The summed E-state index contributed by atoms with van der Waals surface area (Å²) in [6.45, 7) is 0.728. The second kappa shape index (κ2) is 6.28. The van der Waals surface area contributed by atoms with Crippen LogP contribution in [-0.4, -0.2) is 18.6 Å². The second-order valence-electron chi connectivity index (χ2n) is 5.41. The summed E-state index contributed by atoms with van der Waals surface area (Å²) in [7, 11) is 1.86. The molecule has 1 unspecified atom stereocenters. The van der Waals surface area contributed by atoms with Gasteiger partial charge in [-0.1, -0.05) is 18.2 Å². The molecule has 0 radical (unpaired) electrons. The molecule has 3 rings (SSSR count). The largest absolute Gasteiger partial charge is 0.359 e. The van der Waals surface area contributed by atoms with Crippen LogP contribution in [-0.2, 0) is 0 Å². The molecule has 1 atom stereocenters. The molecule has 1 heterocycles. The molecule has 4 heteroatoms. The molecule has 3 aromatic rings. The highest BCUT2D eigenvalue weighted by Crippen LogP contribution is 2.32. The molecule has 22 heavy (non-hydrogen) atoms. The van der Waals surface area contributed by atoms with Crippen molar-refractivity contribution in [2.45, 2.75) is 12.3 Å². The zero-order chi connectivity index (χ0) is 15.5. The van der Waals surface area contributed by atoms with Crippen molar-refractivity contribution in [3.8, 4) is 0 Å². The van der Waals surface area contributed by atoms with Crippen molar-refractivity contribution >= 4 is 10.9 Å². The van der Waals surface area contributed by atoms with Crippen molar-refractivity contribution in [3.63, 3.8) is 0 Å². The summed E-state index contributed by atoms with van der Waals surface area (Å²) in [5.41, 5.74) is 1.89. The average molecular weight is 300 g/mol. The number of rotatable bonds is 5. The normalized spacial score (nSPS) is 12.7. The fourth-order valence-corrected chi connectivity index (χ4v) is 2.90. The molecular formula is C18H18F2N2. The number of H-pyrrole nitrogens is 1. The number of benzene rings is 2. The van der Waals surface area contributed by atoms with Crippen LogP contribution in [0.3, 0.4) is 0 Å². The van der Waals surface area contributed by atoms with Crippen LogP contribution in [0.1, 0.15) is 23.5 Å². The van der Waals surface area contributed by atoms with E-state index in [0.717, 1.165) is 17.5 Å². The fourth-order valence-electron chi connectivity index (χ4n) is 2.90. The van der Waals surface area contributed by atoms with Crippen molar-refractivity contribution < 1.29 is 8.78 Å². The molecule has 0 saturated carbocycles. The standard InChI is InChI=1S/C18H18F2N2/c1-21-8-7-14(15-4-2-3-5-16(15)19)13-10-12-6-9-22-18(12)17(20)11-13/h2-6,9-11,14,21-22H,7-8H2,1H3. The third kappa shape index (κ3) is 2.74. The Kier molecular flexibility index (Phi) is 4.20. The fraction of sp³-hybridized carbons (Fsp3) is 0.222. The van der Waals surface area contributed by atoms with E-state index in [1.165, 1.54) is 12.1 Å². The first-order chi connectivity index (χ1) is 10.7. The van der Waals surface area contributed by atoms with E-state index in [-0.39, 0.29) is 17.6 Å². The topological polar surface area (TPSA) is 27.8 Å². The molecule has 0 aliphatic heterocycles. The number of hydrogen-bond acceptors (Lipinski definition) is 1. The third-order valence-electron chi connectivity index (χ3n) is 4.00. The van der Waals surface area contributed by atoms with Gasteiger partial charge in [0.15, 0.2) is 0 Å².